The number of alkyl halides is 6. The number of methoxy groups -OCH3 is 1. The molecule has 1 saturated carbocycles. The Labute approximate surface area is 696 Å². The van der Waals surface area contributed by atoms with E-state index in [1.54, 1.807) is 151 Å². The van der Waals surface area contributed by atoms with E-state index < -0.39 is 69.7 Å². The van der Waals surface area contributed by atoms with Crippen molar-refractivity contribution in [2.45, 2.75) is 70.6 Å². The summed E-state index contributed by atoms with van der Waals surface area (Å²) in [5, 5.41) is 35.1. The number of aryl methyl sites for hydroxylation is 1. The molecule has 0 saturated heterocycles. The molecule has 1 aliphatic rings. The maximum atomic E-state index is 13.6. The number of primary amides is 1. The highest BCUT2D eigenvalue weighted by Gasteiger charge is 2.38. The third-order valence-corrected chi connectivity index (χ3v) is 23.9. The molecule has 8 heterocycles. The van der Waals surface area contributed by atoms with Gasteiger partial charge in [-0.1, -0.05) is 49.2 Å². The van der Waals surface area contributed by atoms with E-state index in [-0.39, 0.29) is 62.8 Å². The van der Waals surface area contributed by atoms with Gasteiger partial charge in [0.2, 0.25) is 23.8 Å². The van der Waals surface area contributed by atoms with Crippen molar-refractivity contribution in [3.8, 4) is 11.3 Å². The zero-order chi connectivity index (χ0) is 87.4. The average molecular weight is 1770 g/mol. The molecule has 0 unspecified atom stereocenters. The van der Waals surface area contributed by atoms with Crippen molar-refractivity contribution in [3.63, 3.8) is 0 Å². The molecule has 12 aromatic rings. The smallest absolute Gasteiger partial charge is 0.421 e. The number of anilines is 14. The van der Waals surface area contributed by atoms with Crippen molar-refractivity contribution in [1.82, 2.24) is 79.7 Å². The van der Waals surface area contributed by atoms with Gasteiger partial charge in [-0.3, -0.25) is 14.2 Å². The maximum Gasteiger partial charge on any atom is 0.421 e. The van der Waals surface area contributed by atoms with Crippen LogP contribution in [0.25, 0.3) is 11.3 Å². The van der Waals surface area contributed by atoms with Gasteiger partial charge in [-0.05, 0) is 181 Å². The van der Waals surface area contributed by atoms with Crippen molar-refractivity contribution in [1.29, 1.82) is 0 Å². The maximum absolute atomic E-state index is 13.6. The second-order valence-electron chi connectivity index (χ2n) is 29.3. The third-order valence-electron chi connectivity index (χ3n) is 17.6. The number of aromatic nitrogens is 15. The topological polar surface area (TPSA) is 417 Å². The molecule has 4 aromatic carbocycles. The van der Waals surface area contributed by atoms with Gasteiger partial charge in [-0.15, -0.1) is 0 Å². The molecule has 13 rings (SSSR count). The van der Waals surface area contributed by atoms with Crippen LogP contribution in [0.5, 0.6) is 0 Å². The highest BCUT2D eigenvalue weighted by Crippen LogP contribution is 2.43. The first-order valence-electron chi connectivity index (χ1n) is 36.7. The summed E-state index contributed by atoms with van der Waals surface area (Å²) in [6, 6.07) is 30.9. The van der Waals surface area contributed by atoms with E-state index in [4.69, 9.17) is 33.7 Å². The molecular weight excluding hydrogens is 1680 g/mol. The van der Waals surface area contributed by atoms with Gasteiger partial charge in [0, 0.05) is 94.8 Å². The zero-order valence-corrected chi connectivity index (χ0v) is 72.3. The standard InChI is InChI=1S/C22H26F3N6OP.C20H22F3N6O3P.C19H23ClN5OP.C16H17ClN7O2P/c1-33(2,32)14-15-4-3-5-18(10-15)29-21-27-12-19(22(23,24)25)20(30-21)16-11-28-31(13-16)9-8-26-17-6-7-17;1-11-15(18(30)32-3)17(28-29(11)2)26-16-14(20(21,22)23)10-24-19(27-16)25-12-6-8-13(9-7-12)33(4,5)31;1-12(2)13-9-17(21-10-13)24-18-16(20)11-22-19(25-18)23-14-5-7-15(8-6-14)27(3,4)26;1-27(2,26)10-5-3-9(4-6-10)22-16-19-7-11(17)14(24-16)23-15-12(13(18)25)20-8-21-15/h3-5,10-13,17,26H,6-9,14H2,1-2H3,(H,27,29,30);6-10H,1-5H3,(H2,24,25,26,27,28);5-12,21H,1-4H3,(H2,22,23,24,25);3-8H,1-2H3,(H2,18,25)(H,20,21)(H2,19,22,23,24). The number of nitrogens with one attached hydrogen (secondary N) is 10. The van der Waals surface area contributed by atoms with Gasteiger partial charge in [-0.25, -0.2) is 34.7 Å². The number of carbonyl (C=O) groups excluding carboxylic acids is 2. The van der Waals surface area contributed by atoms with Gasteiger partial charge in [0.15, 0.2) is 23.3 Å². The molecule has 8 aromatic heterocycles. The van der Waals surface area contributed by atoms with E-state index >= 15 is 0 Å². The molecule has 12 N–H and O–H groups in total. The average Bonchev–Trinajstić information content (AvgIpc) is 1.26. The fraction of sp³-hybridized carbons (Fsp3) is 0.286. The molecule has 0 spiro atoms. The summed E-state index contributed by atoms with van der Waals surface area (Å²) < 4.78 is 138. The van der Waals surface area contributed by atoms with Crippen LogP contribution in [0.2, 0.25) is 10.0 Å². The number of nitrogens with two attached hydrogens (primary N) is 1. The number of hydrogen-bond acceptors (Lipinski definition) is 26. The van der Waals surface area contributed by atoms with Crippen LogP contribution >= 0.6 is 51.8 Å². The molecule has 43 heteroatoms. The third kappa shape index (κ3) is 25.9. The van der Waals surface area contributed by atoms with E-state index in [0.717, 1.165) is 59.5 Å². The second-order valence-corrected chi connectivity index (χ2v) is 43.3. The highest BCUT2D eigenvalue weighted by atomic mass is 35.5. The molecule has 634 valence electrons. The number of halogens is 8. The fourth-order valence-electron chi connectivity index (χ4n) is 11.1. The molecule has 1 aliphatic carbocycles. The van der Waals surface area contributed by atoms with Crippen LogP contribution in [0, 0.1) is 6.92 Å². The number of benzene rings is 4. The van der Waals surface area contributed by atoms with Crippen molar-refractivity contribution in [2.75, 3.05) is 104 Å². The largest absolute Gasteiger partial charge is 0.465 e. The normalized spacial score (nSPS) is 12.4. The molecule has 0 atom stereocenters. The number of nitrogens with zero attached hydrogens (tertiary/aromatic N) is 13. The lowest BCUT2D eigenvalue weighted by Crippen LogP contribution is -2.21. The number of H-pyrrole nitrogens is 2. The van der Waals surface area contributed by atoms with Crippen LogP contribution in [0.1, 0.15) is 81.4 Å². The first-order chi connectivity index (χ1) is 56.3. The van der Waals surface area contributed by atoms with E-state index in [1.807, 2.05) is 42.6 Å². The Morgan fingerprint density at radius 3 is 1.55 bits per heavy atom. The van der Waals surface area contributed by atoms with Crippen LogP contribution in [-0.2, 0) is 55.1 Å². The summed E-state index contributed by atoms with van der Waals surface area (Å²) in [6.07, 6.45) is 4.01. The number of hydrogen-bond donors (Lipinski definition) is 11. The monoisotopic (exact) mass is 1770 g/mol. The van der Waals surface area contributed by atoms with E-state index in [2.05, 4.69) is 121 Å². The minimum absolute atomic E-state index is 0.0135. The quantitative estimate of drug-likeness (QED) is 0.0129. The minimum atomic E-state index is -4.76. The molecular formula is C77H88Cl2F6N24O7P4. The number of amides is 1. The Kier molecular flexibility index (Phi) is 29.1. The zero-order valence-electron chi connectivity index (χ0n) is 67.2. The summed E-state index contributed by atoms with van der Waals surface area (Å²) in [5.41, 5.74) is 8.43. The lowest BCUT2D eigenvalue weighted by Gasteiger charge is -2.14. The molecule has 0 aliphatic heterocycles. The van der Waals surface area contributed by atoms with E-state index in [0.29, 0.717) is 76.6 Å². The summed E-state index contributed by atoms with van der Waals surface area (Å²) in [5.74, 6) is 0.683. The summed E-state index contributed by atoms with van der Waals surface area (Å²) >= 11 is 12.3. The first kappa shape index (κ1) is 91.0. The Hall–Kier alpha value is -11.3. The van der Waals surface area contributed by atoms with Crippen molar-refractivity contribution in [2.24, 2.45) is 12.8 Å². The molecule has 0 bridgehead atoms. The summed E-state index contributed by atoms with van der Waals surface area (Å²) in [4.78, 5) is 66.2. The Morgan fingerprint density at radius 2 is 1.07 bits per heavy atom. The Morgan fingerprint density at radius 1 is 0.592 bits per heavy atom. The number of aromatic amines is 2. The highest BCUT2D eigenvalue weighted by molar-refractivity contribution is 7.70. The van der Waals surface area contributed by atoms with Gasteiger partial charge in [0.1, 0.15) is 65.5 Å². The van der Waals surface area contributed by atoms with Gasteiger partial charge in [0.05, 0.1) is 57.1 Å². The van der Waals surface area contributed by atoms with Crippen molar-refractivity contribution >= 4 is 161 Å². The van der Waals surface area contributed by atoms with E-state index in [1.165, 1.54) is 29.0 Å². The molecule has 1 fully saturated rings. The molecule has 120 heavy (non-hydrogen) atoms. The second kappa shape index (κ2) is 38.4. The summed E-state index contributed by atoms with van der Waals surface area (Å²) in [7, 11) is -6.60. The fourth-order valence-corrected chi connectivity index (χ4v) is 15.1. The van der Waals surface area contributed by atoms with Gasteiger partial charge in [0.25, 0.3) is 5.91 Å². The molecule has 0 radical (unpaired) electrons. The first-order valence-corrected chi connectivity index (χ1v) is 48.0. The minimum Gasteiger partial charge on any atom is -0.465 e. The number of rotatable bonds is 27. The van der Waals surface area contributed by atoms with Crippen LogP contribution in [0.15, 0.2) is 153 Å². The van der Waals surface area contributed by atoms with Crippen LogP contribution < -0.4 is 64.2 Å². The SMILES string of the molecule is CC(C)c1c[nH]c(Nc2nc(Nc3ccc(P(C)(C)=O)cc3)ncc2Cl)c1.COC(=O)c1c(Nc2nc(Nc3ccc(P(C)(C)=O)cc3)ncc2C(F)(F)F)nn(C)c1C.CP(C)(=O)Cc1cccc(Nc2ncc(C(F)(F)F)c(-c3cnn(CCNC4CC4)c3)n2)c1.CP(C)(=O)c1ccc(Nc2ncc(Cl)c(Nc3nc[nH]c3C(N)=O)n2)cc1. The number of ether oxygens (including phenoxy) is 1. The van der Waals surface area contributed by atoms with Gasteiger partial charge in [-0.2, -0.15) is 51.5 Å². The Bertz CT molecular complexity index is 5830. The predicted octanol–water partition coefficient (Wildman–Crippen LogP) is 17.0. The van der Waals surface area contributed by atoms with Gasteiger partial charge < -0.3 is 81.2 Å². The predicted molar refractivity (Wildman–Crippen MR) is 461 cm³/mol. The van der Waals surface area contributed by atoms with Crippen molar-refractivity contribution in [3.05, 3.63) is 202 Å². The number of carbonyl (C=O) groups is 2. The summed E-state index contributed by atoms with van der Waals surface area (Å²) in [6.45, 7) is 20.7. The van der Waals surface area contributed by atoms with Crippen LogP contribution in [-0.4, -0.2) is 159 Å². The van der Waals surface area contributed by atoms with Crippen molar-refractivity contribution < 1.29 is 58.9 Å². The molecule has 1 amide bonds. The number of imidazole rings is 1. The van der Waals surface area contributed by atoms with Crippen LogP contribution in [0.3, 0.4) is 0 Å². The Balaban J connectivity index is 0.000000169. The number of esters is 1. The van der Waals surface area contributed by atoms with Gasteiger partial charge >= 0.3 is 18.3 Å². The lowest BCUT2D eigenvalue weighted by atomic mass is 10.1. The lowest BCUT2D eigenvalue weighted by molar-refractivity contribution is -0.138. The molecule has 31 nitrogen and oxygen atoms in total. The van der Waals surface area contributed by atoms with Crippen LogP contribution in [0.4, 0.5) is 108 Å². The van der Waals surface area contributed by atoms with E-state index in [9.17, 15) is 54.2 Å².